The normalized spacial score (nSPS) is 23.6. The first-order chi connectivity index (χ1) is 34.0. The van der Waals surface area contributed by atoms with Crippen LogP contribution in [0.25, 0.3) is 0 Å². The number of hydrogen-bond acceptors (Lipinski definition) is 16. The highest BCUT2D eigenvalue weighted by atomic mass is 33.1. The van der Waals surface area contributed by atoms with E-state index in [9.17, 15) is 57.8 Å². The average molecular weight is 1050 g/mol. The van der Waals surface area contributed by atoms with Gasteiger partial charge in [-0.05, 0) is 55.7 Å². The molecule has 0 bridgehead atoms. The number of nitrogens with zero attached hydrogens (tertiary/aromatic N) is 2. The Kier molecular flexibility index (Phi) is 24.3. The van der Waals surface area contributed by atoms with Crippen LogP contribution in [0.3, 0.4) is 0 Å². The molecule has 0 radical (unpaired) electrons. The van der Waals surface area contributed by atoms with Gasteiger partial charge in [-0.25, -0.2) is 0 Å². The molecule has 2 heterocycles. The molecule has 72 heavy (non-hydrogen) atoms. The molecule has 9 atom stereocenters. The molecule has 0 aliphatic carbocycles. The van der Waals surface area contributed by atoms with E-state index < -0.39 is 145 Å². The Hall–Kier alpha value is -6.88. The Morgan fingerprint density at radius 1 is 0.806 bits per heavy atom. The van der Waals surface area contributed by atoms with Crippen molar-refractivity contribution in [2.45, 2.75) is 120 Å². The van der Waals surface area contributed by atoms with Crippen molar-refractivity contribution in [1.82, 2.24) is 42.1 Å². The van der Waals surface area contributed by atoms with E-state index in [0.717, 1.165) is 21.6 Å². The lowest BCUT2D eigenvalue weighted by atomic mass is 9.96. The van der Waals surface area contributed by atoms with E-state index in [0.29, 0.717) is 18.4 Å². The zero-order chi connectivity index (χ0) is 53.7. The summed E-state index contributed by atoms with van der Waals surface area (Å²) in [4.78, 5) is 152. The number of amides is 11. The van der Waals surface area contributed by atoms with E-state index in [-0.39, 0.29) is 62.0 Å². The topological polar surface area (TPSA) is 464 Å². The van der Waals surface area contributed by atoms with Crippen LogP contribution in [0.4, 0.5) is 0 Å². The predicted molar refractivity (Wildman–Crippen MR) is 265 cm³/mol. The fourth-order valence-corrected chi connectivity index (χ4v) is 9.69. The first kappa shape index (κ1) is 59.4. The summed E-state index contributed by atoms with van der Waals surface area (Å²) in [5.74, 6) is -10.9. The summed E-state index contributed by atoms with van der Waals surface area (Å²) < 4.78 is 0. The summed E-state index contributed by atoms with van der Waals surface area (Å²) >= 11 is 0. The number of benzene rings is 1. The highest BCUT2D eigenvalue weighted by Crippen LogP contribution is 2.26. The number of likely N-dealkylation sites (tertiary alicyclic amines) is 1. The van der Waals surface area contributed by atoms with Gasteiger partial charge >= 0.3 is 0 Å². The van der Waals surface area contributed by atoms with Crippen LogP contribution >= 0.6 is 21.6 Å². The second-order valence-corrected chi connectivity index (χ2v) is 19.8. The van der Waals surface area contributed by atoms with Crippen LogP contribution in [0.5, 0.6) is 5.75 Å². The fourth-order valence-electron chi connectivity index (χ4n) is 7.41. The van der Waals surface area contributed by atoms with Crippen molar-refractivity contribution in [2.24, 2.45) is 45.3 Å². The van der Waals surface area contributed by atoms with Crippen LogP contribution in [0.15, 0.2) is 29.3 Å². The smallest absolute Gasteiger partial charge is 0.246 e. The Balaban J connectivity index is 2.04. The number of rotatable bonds is 19. The number of guanidine groups is 1. The van der Waals surface area contributed by atoms with Gasteiger partial charge in [0.2, 0.25) is 65.0 Å². The third kappa shape index (κ3) is 19.7. The quantitative estimate of drug-likeness (QED) is 0.0266. The molecule has 29 heteroatoms. The molecule has 1 unspecified atom stereocenters. The van der Waals surface area contributed by atoms with Crippen LogP contribution in [-0.4, -0.2) is 160 Å². The number of nitrogens with one attached hydrogen (secondary N) is 7. The van der Waals surface area contributed by atoms with Gasteiger partial charge in [0.1, 0.15) is 48.0 Å². The Bertz CT molecular complexity index is 2170. The number of nitrogens with two attached hydrogens (primary N) is 6. The van der Waals surface area contributed by atoms with Crippen LogP contribution in [0, 0.1) is 5.92 Å². The van der Waals surface area contributed by atoms with Crippen molar-refractivity contribution in [1.29, 1.82) is 0 Å². The number of carbonyl (C=O) groups is 11. The van der Waals surface area contributed by atoms with Gasteiger partial charge in [-0.1, -0.05) is 54.0 Å². The number of primary amides is 3. The molecule has 2 aliphatic rings. The van der Waals surface area contributed by atoms with Gasteiger partial charge in [-0.15, -0.1) is 0 Å². The Labute approximate surface area is 423 Å². The molecule has 20 N–H and O–H groups in total. The maximum atomic E-state index is 14.5. The van der Waals surface area contributed by atoms with E-state index in [2.05, 4.69) is 42.2 Å². The van der Waals surface area contributed by atoms with E-state index in [1.165, 1.54) is 29.2 Å². The van der Waals surface area contributed by atoms with E-state index in [4.69, 9.17) is 34.4 Å². The molecule has 2 fully saturated rings. The molecule has 1 aromatic carbocycles. The van der Waals surface area contributed by atoms with Crippen LogP contribution in [0.1, 0.15) is 70.8 Å². The van der Waals surface area contributed by atoms with E-state index in [1.807, 2.05) is 0 Å². The summed E-state index contributed by atoms with van der Waals surface area (Å²) in [6.07, 6.45) is -0.813. The molecular formula is C43H67N15O12S2. The minimum atomic E-state index is -1.78. The second kappa shape index (κ2) is 29.5. The SMILES string of the molecule is CC[C@H](C)C1NC(=O)[C@H](Cc2ccc(O)cc2)NC(=O)[C@@H](N)CSSC[C@@H](C(=O)N2CCC[C@H]2C(=O)N[C@@H](CCCN=C(N)N)C(=O)NCC(N)=O)NC(=O)[C@H](CC(N)=O)NC(=O)[C@H](CCC(N)=O)NC1=O. The second-order valence-electron chi connectivity index (χ2n) is 17.2. The van der Waals surface area contributed by atoms with E-state index in [1.54, 1.807) is 13.8 Å². The maximum absolute atomic E-state index is 14.5. The van der Waals surface area contributed by atoms with Crippen molar-refractivity contribution in [3.8, 4) is 5.75 Å². The van der Waals surface area contributed by atoms with Gasteiger partial charge in [0, 0.05) is 37.4 Å². The van der Waals surface area contributed by atoms with Gasteiger partial charge in [0.05, 0.1) is 19.0 Å². The molecule has 2 saturated heterocycles. The first-order valence-corrected chi connectivity index (χ1v) is 25.6. The fraction of sp³-hybridized carbons (Fsp3) is 0.581. The Morgan fingerprint density at radius 3 is 2.06 bits per heavy atom. The molecule has 2 aliphatic heterocycles. The van der Waals surface area contributed by atoms with Gasteiger partial charge < -0.3 is 81.6 Å². The molecule has 0 saturated carbocycles. The molecule has 1 aromatic rings. The standard InChI is InChI=1S/C43H67N15O12S2/c1-3-21(2)34-41(69)53-26(12-13-31(45)60)37(65)55-28(17-32(46)61)38(66)56-29(20-72-71-19-24(44)35(63)54-27(39(67)57-34)16-22-8-10-23(59)11-9-22)42(70)58-15-5-7-30(58)40(68)52-25(6-4-14-50-43(48)49)36(64)51-18-33(47)62/h8-11,21,24-30,34,59H,3-7,12-20,44H2,1-2H3,(H2,45,60)(H2,46,61)(H2,47,62)(H,51,64)(H,52,68)(H,53,69)(H,54,63)(H,55,65)(H,56,66)(H,57,67)(H4,48,49,50)/t21-,24-,25-,26-,27-,28-,29-,30-,34?/m0/s1. The zero-order valence-electron chi connectivity index (χ0n) is 40.0. The summed E-state index contributed by atoms with van der Waals surface area (Å²) in [6.45, 7) is 2.95. The summed E-state index contributed by atoms with van der Waals surface area (Å²) in [6, 6.07) is -5.40. The van der Waals surface area contributed by atoms with Gasteiger partial charge in [0.25, 0.3) is 0 Å². The van der Waals surface area contributed by atoms with Gasteiger partial charge in [-0.3, -0.25) is 57.7 Å². The summed E-state index contributed by atoms with van der Waals surface area (Å²) in [5.41, 5.74) is 33.7. The number of phenols is 1. The number of aliphatic imine (C=N–C) groups is 1. The molecule has 0 aromatic heterocycles. The van der Waals surface area contributed by atoms with Crippen LogP contribution < -0.4 is 71.6 Å². The Morgan fingerprint density at radius 2 is 1.43 bits per heavy atom. The molecule has 398 valence electrons. The lowest BCUT2D eigenvalue weighted by Crippen LogP contribution is -2.61. The van der Waals surface area contributed by atoms with Gasteiger partial charge in [0.15, 0.2) is 5.96 Å². The summed E-state index contributed by atoms with van der Waals surface area (Å²) in [5, 5.41) is 27.6. The zero-order valence-corrected chi connectivity index (χ0v) is 41.7. The van der Waals surface area contributed by atoms with Crippen molar-refractivity contribution >= 4 is 92.5 Å². The first-order valence-electron chi connectivity index (χ1n) is 23.1. The monoisotopic (exact) mass is 1050 g/mol. The van der Waals surface area contributed by atoms with Crippen LogP contribution in [0.2, 0.25) is 0 Å². The molecule has 27 nitrogen and oxygen atoms in total. The molecular weight excluding hydrogens is 983 g/mol. The lowest BCUT2D eigenvalue weighted by Gasteiger charge is -2.31. The number of phenolic OH excluding ortho intramolecular Hbond substituents is 1. The van der Waals surface area contributed by atoms with Crippen molar-refractivity contribution in [3.63, 3.8) is 0 Å². The van der Waals surface area contributed by atoms with E-state index >= 15 is 0 Å². The van der Waals surface area contributed by atoms with Crippen LogP contribution in [-0.2, 0) is 59.2 Å². The number of hydrogen-bond donors (Lipinski definition) is 14. The minimum absolute atomic E-state index is 0.00520. The third-order valence-corrected chi connectivity index (χ3v) is 14.0. The largest absolute Gasteiger partial charge is 0.508 e. The lowest BCUT2D eigenvalue weighted by molar-refractivity contribution is -0.142. The van der Waals surface area contributed by atoms with Crippen molar-refractivity contribution < 1.29 is 57.8 Å². The number of carbonyl (C=O) groups excluding carboxylic acids is 11. The van der Waals surface area contributed by atoms with Gasteiger partial charge in [-0.2, -0.15) is 0 Å². The minimum Gasteiger partial charge on any atom is -0.508 e. The highest BCUT2D eigenvalue weighted by molar-refractivity contribution is 8.76. The van der Waals surface area contributed by atoms with Crippen molar-refractivity contribution in [2.75, 3.05) is 31.1 Å². The third-order valence-electron chi connectivity index (χ3n) is 11.5. The molecule has 3 rings (SSSR count). The number of aromatic hydroxyl groups is 1. The van der Waals surface area contributed by atoms with Crippen molar-refractivity contribution in [3.05, 3.63) is 29.8 Å². The predicted octanol–water partition coefficient (Wildman–Crippen LogP) is -5.60. The molecule has 0 spiro atoms. The summed E-state index contributed by atoms with van der Waals surface area (Å²) in [7, 11) is 2.00. The molecule has 11 amide bonds. The average Bonchev–Trinajstić information content (AvgIpc) is 3.82. The highest BCUT2D eigenvalue weighted by Gasteiger charge is 2.41. The maximum Gasteiger partial charge on any atom is 0.246 e.